The Morgan fingerprint density at radius 3 is 2.63 bits per heavy atom. The van der Waals surface area contributed by atoms with Crippen LogP contribution in [0.2, 0.25) is 0 Å². The molecule has 2 aromatic heterocycles. The van der Waals surface area contributed by atoms with Gasteiger partial charge in [0, 0.05) is 60.5 Å². The highest BCUT2D eigenvalue weighted by molar-refractivity contribution is 7.17. The number of anilines is 1. The minimum atomic E-state index is -0.265. The van der Waals surface area contributed by atoms with E-state index in [1.807, 2.05) is 18.2 Å². The number of aromatic nitrogens is 1. The Bertz CT molecular complexity index is 1490. The van der Waals surface area contributed by atoms with Crippen molar-refractivity contribution in [3.05, 3.63) is 70.3 Å². The summed E-state index contributed by atoms with van der Waals surface area (Å²) in [6.07, 6.45) is 6.49. The van der Waals surface area contributed by atoms with Crippen LogP contribution in [0.4, 0.5) is 5.69 Å². The second-order valence-electron chi connectivity index (χ2n) is 10.8. The van der Waals surface area contributed by atoms with Gasteiger partial charge in [0.15, 0.2) is 6.73 Å². The second-order valence-corrected chi connectivity index (χ2v) is 11.7. The highest BCUT2D eigenvalue weighted by atomic mass is 32.1. The summed E-state index contributed by atoms with van der Waals surface area (Å²) in [5.74, 6) is 0.456. The van der Waals surface area contributed by atoms with Crippen molar-refractivity contribution in [2.24, 2.45) is 0 Å². The number of nitrogens with zero attached hydrogens (tertiary/aromatic N) is 3. The third-order valence-corrected chi connectivity index (χ3v) is 8.76. The molecule has 2 aromatic carbocycles. The molecule has 1 saturated heterocycles. The first kappa shape index (κ1) is 29.1. The SMILES string of the molecule is CCCCCCC(=O)OCn1c(=O)ccc2ccc(OCCCCN3CCN(c4cccc5sccc45)CC3)cc21. The molecule has 1 aliphatic heterocycles. The van der Waals surface area contributed by atoms with E-state index in [4.69, 9.17) is 9.47 Å². The van der Waals surface area contributed by atoms with Gasteiger partial charge in [-0.1, -0.05) is 32.3 Å². The predicted octanol–water partition coefficient (Wildman–Crippen LogP) is 6.67. The van der Waals surface area contributed by atoms with Crippen molar-refractivity contribution < 1.29 is 14.3 Å². The van der Waals surface area contributed by atoms with Crippen LogP contribution in [0.3, 0.4) is 0 Å². The average Bonchev–Trinajstić information content (AvgIpc) is 3.48. The second kappa shape index (κ2) is 14.5. The molecule has 0 N–H and O–H groups in total. The van der Waals surface area contributed by atoms with E-state index in [0.717, 1.165) is 82.4 Å². The first-order valence-electron chi connectivity index (χ1n) is 15.0. The Morgan fingerprint density at radius 1 is 0.927 bits per heavy atom. The number of hydrogen-bond acceptors (Lipinski definition) is 7. The highest BCUT2D eigenvalue weighted by Crippen LogP contribution is 2.31. The molecule has 1 aliphatic rings. The zero-order valence-electron chi connectivity index (χ0n) is 24.1. The van der Waals surface area contributed by atoms with Gasteiger partial charge in [0.2, 0.25) is 0 Å². The van der Waals surface area contributed by atoms with Crippen molar-refractivity contribution in [1.29, 1.82) is 0 Å². The number of thiophene rings is 1. The quantitative estimate of drug-likeness (QED) is 0.124. The van der Waals surface area contributed by atoms with Crippen molar-refractivity contribution in [3.8, 4) is 5.75 Å². The minimum absolute atomic E-state index is 0.0814. The smallest absolute Gasteiger partial charge is 0.307 e. The third kappa shape index (κ3) is 7.68. The fourth-order valence-electron chi connectivity index (χ4n) is 5.49. The van der Waals surface area contributed by atoms with Crippen LogP contribution in [-0.2, 0) is 16.3 Å². The Labute approximate surface area is 246 Å². The normalized spacial score (nSPS) is 14.1. The van der Waals surface area contributed by atoms with Gasteiger partial charge in [0.05, 0.1) is 12.1 Å². The summed E-state index contributed by atoms with van der Waals surface area (Å²) >= 11 is 1.81. The molecule has 3 heterocycles. The number of unbranched alkanes of at least 4 members (excludes halogenated alkanes) is 4. The van der Waals surface area contributed by atoms with Gasteiger partial charge >= 0.3 is 5.97 Å². The molecule has 5 rings (SSSR count). The maximum Gasteiger partial charge on any atom is 0.307 e. The van der Waals surface area contributed by atoms with E-state index in [-0.39, 0.29) is 18.3 Å². The number of hydrogen-bond donors (Lipinski definition) is 0. The highest BCUT2D eigenvalue weighted by Gasteiger charge is 2.18. The van der Waals surface area contributed by atoms with E-state index in [9.17, 15) is 9.59 Å². The van der Waals surface area contributed by atoms with E-state index < -0.39 is 0 Å². The van der Waals surface area contributed by atoms with Gasteiger partial charge < -0.3 is 14.4 Å². The maximum atomic E-state index is 12.6. The zero-order chi connectivity index (χ0) is 28.4. The summed E-state index contributed by atoms with van der Waals surface area (Å²) in [5, 5.41) is 4.45. The van der Waals surface area contributed by atoms with Crippen molar-refractivity contribution >= 4 is 44.0 Å². The minimum Gasteiger partial charge on any atom is -0.494 e. The fraction of sp³-hybridized carbons (Fsp3) is 0.455. The lowest BCUT2D eigenvalue weighted by molar-refractivity contribution is -0.147. The molecular formula is C33H41N3O4S. The van der Waals surface area contributed by atoms with Crippen LogP contribution in [0.25, 0.3) is 21.0 Å². The number of fused-ring (bicyclic) bond motifs is 2. The van der Waals surface area contributed by atoms with Gasteiger partial charge in [0.1, 0.15) is 5.75 Å². The summed E-state index contributed by atoms with van der Waals surface area (Å²) in [6.45, 7) is 8.01. The van der Waals surface area contributed by atoms with Gasteiger partial charge in [-0.25, -0.2) is 0 Å². The predicted molar refractivity (Wildman–Crippen MR) is 168 cm³/mol. The Morgan fingerprint density at radius 2 is 1.78 bits per heavy atom. The van der Waals surface area contributed by atoms with Gasteiger partial charge in [-0.3, -0.25) is 19.1 Å². The number of ether oxygens (including phenoxy) is 2. The summed E-state index contributed by atoms with van der Waals surface area (Å²) in [5.41, 5.74) is 1.88. The third-order valence-electron chi connectivity index (χ3n) is 7.88. The molecule has 0 atom stereocenters. The van der Waals surface area contributed by atoms with Gasteiger partial charge in [0.25, 0.3) is 5.56 Å². The Balaban J connectivity index is 1.06. The van der Waals surface area contributed by atoms with Crippen LogP contribution in [0, 0.1) is 0 Å². The molecule has 218 valence electrons. The van der Waals surface area contributed by atoms with Crippen LogP contribution in [0.5, 0.6) is 5.75 Å². The lowest BCUT2D eigenvalue weighted by atomic mass is 10.2. The first-order chi connectivity index (χ1) is 20.1. The molecule has 0 amide bonds. The topological polar surface area (TPSA) is 64.0 Å². The summed E-state index contributed by atoms with van der Waals surface area (Å²) < 4.78 is 14.4. The number of rotatable bonds is 14. The van der Waals surface area contributed by atoms with Crippen molar-refractivity contribution in [3.63, 3.8) is 0 Å². The van der Waals surface area contributed by atoms with Crippen molar-refractivity contribution in [1.82, 2.24) is 9.47 Å². The average molecular weight is 576 g/mol. The first-order valence-corrected chi connectivity index (χ1v) is 15.9. The molecule has 0 saturated carbocycles. The van der Waals surface area contributed by atoms with Crippen LogP contribution < -0.4 is 15.2 Å². The van der Waals surface area contributed by atoms with E-state index in [2.05, 4.69) is 46.4 Å². The number of benzene rings is 2. The standard InChI is InChI=1S/C33H41N3O4S/c1-2-3-4-5-11-33(38)40-25-36-30-24-27(14-12-26(30)13-15-32(36)37)39-22-7-6-17-34-18-20-35(21-19-34)29-9-8-10-31-28(29)16-23-41-31/h8-10,12-16,23-24H,2-7,11,17-22,25H2,1H3. The maximum absolute atomic E-state index is 12.6. The van der Waals surface area contributed by atoms with Gasteiger partial charge in [-0.15, -0.1) is 11.3 Å². The number of piperazine rings is 1. The lowest BCUT2D eigenvalue weighted by Gasteiger charge is -2.36. The van der Waals surface area contributed by atoms with Crippen LogP contribution in [0.1, 0.15) is 51.9 Å². The van der Waals surface area contributed by atoms with Gasteiger partial charge in [-0.05, 0) is 73.0 Å². The van der Waals surface area contributed by atoms with E-state index >= 15 is 0 Å². The molecular weight excluding hydrogens is 534 g/mol. The van der Waals surface area contributed by atoms with Crippen LogP contribution >= 0.6 is 11.3 Å². The molecule has 4 aromatic rings. The lowest BCUT2D eigenvalue weighted by Crippen LogP contribution is -2.46. The number of pyridine rings is 1. The number of carbonyl (C=O) groups excluding carboxylic acids is 1. The number of carbonyl (C=O) groups is 1. The van der Waals surface area contributed by atoms with Gasteiger partial charge in [-0.2, -0.15) is 0 Å². The van der Waals surface area contributed by atoms with Crippen LogP contribution in [-0.4, -0.2) is 54.8 Å². The van der Waals surface area contributed by atoms with E-state index in [1.165, 1.54) is 26.4 Å². The molecule has 0 unspecified atom stereocenters. The largest absolute Gasteiger partial charge is 0.494 e. The molecule has 0 radical (unpaired) electrons. The summed E-state index contributed by atoms with van der Waals surface area (Å²) in [4.78, 5) is 29.8. The zero-order valence-corrected chi connectivity index (χ0v) is 24.9. The fourth-order valence-corrected chi connectivity index (χ4v) is 6.30. The molecule has 41 heavy (non-hydrogen) atoms. The molecule has 8 heteroatoms. The Hall–Kier alpha value is -3.36. The Kier molecular flexibility index (Phi) is 10.3. The molecule has 7 nitrogen and oxygen atoms in total. The monoisotopic (exact) mass is 575 g/mol. The van der Waals surface area contributed by atoms with Crippen LogP contribution in [0.15, 0.2) is 64.8 Å². The molecule has 0 spiro atoms. The van der Waals surface area contributed by atoms with E-state index in [0.29, 0.717) is 18.5 Å². The van der Waals surface area contributed by atoms with E-state index in [1.54, 1.807) is 17.4 Å². The molecule has 1 fully saturated rings. The summed E-state index contributed by atoms with van der Waals surface area (Å²) in [7, 11) is 0. The summed E-state index contributed by atoms with van der Waals surface area (Å²) in [6, 6.07) is 17.9. The molecule has 0 aliphatic carbocycles. The number of esters is 1. The van der Waals surface area contributed by atoms with Crippen molar-refractivity contribution in [2.45, 2.75) is 58.6 Å². The molecule has 0 bridgehead atoms. The van der Waals surface area contributed by atoms with Crippen molar-refractivity contribution in [2.75, 3.05) is 44.2 Å².